The molecule has 1 fully saturated rings. The van der Waals surface area contributed by atoms with E-state index >= 15 is 0 Å². The van der Waals surface area contributed by atoms with E-state index in [-0.39, 0.29) is 5.82 Å². The summed E-state index contributed by atoms with van der Waals surface area (Å²) in [6.45, 7) is 1.79. The molecule has 4 heteroatoms. The maximum atomic E-state index is 14.0. The van der Waals surface area contributed by atoms with Crippen LogP contribution in [0.2, 0.25) is 0 Å². The van der Waals surface area contributed by atoms with Crippen LogP contribution in [0, 0.1) is 5.82 Å². The number of hydrogen-bond donors (Lipinski definition) is 2. The number of halogens is 1. The molecule has 1 aromatic rings. The van der Waals surface area contributed by atoms with Crippen molar-refractivity contribution in [1.29, 1.82) is 0 Å². The van der Waals surface area contributed by atoms with Gasteiger partial charge in [0.25, 0.3) is 0 Å². The van der Waals surface area contributed by atoms with E-state index in [9.17, 15) is 4.39 Å². The molecule has 1 aromatic carbocycles. The van der Waals surface area contributed by atoms with Crippen LogP contribution in [-0.4, -0.2) is 33.2 Å². The summed E-state index contributed by atoms with van der Waals surface area (Å²) in [6, 6.07) is 5.64. The smallest absolute Gasteiger partial charge is 0.148 e. The van der Waals surface area contributed by atoms with E-state index in [1.54, 1.807) is 6.07 Å². The predicted molar refractivity (Wildman–Crippen MR) is 70.2 cm³/mol. The SMILES string of the molecule is CNc1cccc(F)c1N1CCCC(NC)C1. The van der Waals surface area contributed by atoms with Gasteiger partial charge in [-0.2, -0.15) is 0 Å². The summed E-state index contributed by atoms with van der Waals surface area (Å²) >= 11 is 0. The molecule has 2 N–H and O–H groups in total. The molecule has 0 spiro atoms. The first-order valence-corrected chi connectivity index (χ1v) is 6.14. The molecule has 0 aliphatic carbocycles. The zero-order valence-corrected chi connectivity index (χ0v) is 10.5. The van der Waals surface area contributed by atoms with Crippen LogP contribution in [-0.2, 0) is 0 Å². The molecular formula is C13H20FN3. The van der Waals surface area contributed by atoms with E-state index in [0.717, 1.165) is 31.6 Å². The minimum absolute atomic E-state index is 0.145. The average molecular weight is 237 g/mol. The summed E-state index contributed by atoms with van der Waals surface area (Å²) in [5.74, 6) is -0.145. The summed E-state index contributed by atoms with van der Waals surface area (Å²) in [7, 11) is 3.80. The molecule has 0 bridgehead atoms. The van der Waals surface area contributed by atoms with Gasteiger partial charge in [0.15, 0.2) is 0 Å². The molecule has 0 amide bonds. The minimum Gasteiger partial charge on any atom is -0.386 e. The van der Waals surface area contributed by atoms with Crippen LogP contribution in [0.3, 0.4) is 0 Å². The summed E-state index contributed by atoms with van der Waals surface area (Å²) in [4.78, 5) is 2.13. The molecule has 1 atom stereocenters. The number of likely N-dealkylation sites (N-methyl/N-ethyl adjacent to an activating group) is 1. The van der Waals surface area contributed by atoms with E-state index in [4.69, 9.17) is 0 Å². The Morgan fingerprint density at radius 3 is 2.88 bits per heavy atom. The minimum atomic E-state index is -0.145. The van der Waals surface area contributed by atoms with Crippen LogP contribution in [0.25, 0.3) is 0 Å². The van der Waals surface area contributed by atoms with Crippen LogP contribution in [0.15, 0.2) is 18.2 Å². The number of para-hydroxylation sites is 1. The second kappa shape index (κ2) is 5.36. The van der Waals surface area contributed by atoms with Crippen LogP contribution in [0.4, 0.5) is 15.8 Å². The van der Waals surface area contributed by atoms with Crippen molar-refractivity contribution < 1.29 is 4.39 Å². The highest BCUT2D eigenvalue weighted by Crippen LogP contribution is 2.30. The fourth-order valence-electron chi connectivity index (χ4n) is 2.45. The van der Waals surface area contributed by atoms with Gasteiger partial charge in [-0.3, -0.25) is 0 Å². The molecular weight excluding hydrogens is 217 g/mol. The molecule has 94 valence electrons. The quantitative estimate of drug-likeness (QED) is 0.842. The molecule has 17 heavy (non-hydrogen) atoms. The van der Waals surface area contributed by atoms with Gasteiger partial charge >= 0.3 is 0 Å². The zero-order valence-electron chi connectivity index (χ0n) is 10.5. The normalized spacial score (nSPS) is 20.4. The second-order valence-electron chi connectivity index (χ2n) is 4.46. The van der Waals surface area contributed by atoms with Crippen molar-refractivity contribution in [2.75, 3.05) is 37.4 Å². The number of rotatable bonds is 3. The van der Waals surface area contributed by atoms with Crippen LogP contribution >= 0.6 is 0 Å². The molecule has 1 aliphatic heterocycles. The van der Waals surface area contributed by atoms with Crippen LogP contribution in [0.1, 0.15) is 12.8 Å². The molecule has 1 heterocycles. The molecule has 1 saturated heterocycles. The van der Waals surface area contributed by atoms with Gasteiger partial charge in [-0.05, 0) is 32.0 Å². The molecule has 3 nitrogen and oxygen atoms in total. The Bertz CT molecular complexity index is 381. The number of hydrogen-bond acceptors (Lipinski definition) is 3. The Morgan fingerprint density at radius 2 is 2.18 bits per heavy atom. The third-order valence-electron chi connectivity index (χ3n) is 3.40. The topological polar surface area (TPSA) is 27.3 Å². The lowest BCUT2D eigenvalue weighted by molar-refractivity contribution is 0.445. The van der Waals surface area contributed by atoms with Gasteiger partial charge in [-0.1, -0.05) is 6.07 Å². The maximum Gasteiger partial charge on any atom is 0.148 e. The number of piperidine rings is 1. The van der Waals surface area contributed by atoms with Gasteiger partial charge in [0.1, 0.15) is 5.82 Å². The van der Waals surface area contributed by atoms with Crippen LogP contribution in [0.5, 0.6) is 0 Å². The molecule has 0 saturated carbocycles. The highest BCUT2D eigenvalue weighted by atomic mass is 19.1. The molecule has 2 rings (SSSR count). The van der Waals surface area contributed by atoms with E-state index < -0.39 is 0 Å². The summed E-state index contributed by atoms with van der Waals surface area (Å²) in [5, 5.41) is 6.34. The van der Waals surface area contributed by atoms with Crippen molar-refractivity contribution >= 4 is 11.4 Å². The lowest BCUT2D eigenvalue weighted by Crippen LogP contribution is -2.44. The van der Waals surface area contributed by atoms with Gasteiger partial charge in [0.05, 0.1) is 11.4 Å². The number of nitrogens with zero attached hydrogens (tertiary/aromatic N) is 1. The van der Waals surface area contributed by atoms with Crippen molar-refractivity contribution in [2.24, 2.45) is 0 Å². The largest absolute Gasteiger partial charge is 0.386 e. The Kier molecular flexibility index (Phi) is 3.84. The first-order valence-electron chi connectivity index (χ1n) is 6.14. The van der Waals surface area contributed by atoms with Gasteiger partial charge in [0.2, 0.25) is 0 Å². The zero-order chi connectivity index (χ0) is 12.3. The van der Waals surface area contributed by atoms with Crippen molar-refractivity contribution in [3.63, 3.8) is 0 Å². The Labute approximate surface area is 102 Å². The van der Waals surface area contributed by atoms with Gasteiger partial charge in [-0.15, -0.1) is 0 Å². The van der Waals surface area contributed by atoms with Crippen molar-refractivity contribution in [1.82, 2.24) is 5.32 Å². The molecule has 0 radical (unpaired) electrons. The lowest BCUT2D eigenvalue weighted by Gasteiger charge is -2.35. The highest BCUT2D eigenvalue weighted by Gasteiger charge is 2.22. The number of anilines is 2. The van der Waals surface area contributed by atoms with Crippen molar-refractivity contribution in [2.45, 2.75) is 18.9 Å². The maximum absolute atomic E-state index is 14.0. The third-order valence-corrected chi connectivity index (χ3v) is 3.40. The Morgan fingerprint density at radius 1 is 1.35 bits per heavy atom. The van der Waals surface area contributed by atoms with Crippen molar-refractivity contribution in [3.8, 4) is 0 Å². The fourth-order valence-corrected chi connectivity index (χ4v) is 2.45. The molecule has 1 aliphatic rings. The van der Waals surface area contributed by atoms with Gasteiger partial charge in [0, 0.05) is 26.2 Å². The summed E-state index contributed by atoms with van der Waals surface area (Å²) in [5.41, 5.74) is 1.57. The van der Waals surface area contributed by atoms with E-state index in [1.807, 2.05) is 20.2 Å². The second-order valence-corrected chi connectivity index (χ2v) is 4.46. The predicted octanol–water partition coefficient (Wildman–Crippen LogP) is 2.06. The monoisotopic (exact) mass is 237 g/mol. The van der Waals surface area contributed by atoms with Gasteiger partial charge < -0.3 is 15.5 Å². The summed E-state index contributed by atoms with van der Waals surface area (Å²) < 4.78 is 14.0. The number of benzene rings is 1. The van der Waals surface area contributed by atoms with Crippen molar-refractivity contribution in [3.05, 3.63) is 24.0 Å². The third kappa shape index (κ3) is 2.52. The Hall–Kier alpha value is -1.29. The fraction of sp³-hybridized carbons (Fsp3) is 0.538. The van der Waals surface area contributed by atoms with Gasteiger partial charge in [-0.25, -0.2) is 4.39 Å². The lowest BCUT2D eigenvalue weighted by atomic mass is 10.0. The first-order chi connectivity index (χ1) is 8.26. The average Bonchev–Trinajstić information content (AvgIpc) is 2.38. The molecule has 0 aromatic heterocycles. The number of nitrogens with one attached hydrogen (secondary N) is 2. The van der Waals surface area contributed by atoms with E-state index in [2.05, 4.69) is 15.5 Å². The Balaban J connectivity index is 2.26. The van der Waals surface area contributed by atoms with E-state index in [1.165, 1.54) is 6.07 Å². The first kappa shape index (κ1) is 12.2. The summed E-state index contributed by atoms with van der Waals surface area (Å²) in [6.07, 6.45) is 2.26. The van der Waals surface area contributed by atoms with E-state index in [0.29, 0.717) is 11.7 Å². The van der Waals surface area contributed by atoms with Crippen LogP contribution < -0.4 is 15.5 Å². The standard InChI is InChI=1S/C13H20FN3/c1-15-10-5-4-8-17(9-10)13-11(14)6-3-7-12(13)16-2/h3,6-7,10,15-16H,4-5,8-9H2,1-2H3. The highest BCUT2D eigenvalue weighted by molar-refractivity contribution is 5.70. The molecule has 1 unspecified atom stereocenters.